The molecule has 1 aliphatic heterocycles. The Balaban J connectivity index is 1.74. The van der Waals surface area contributed by atoms with Gasteiger partial charge in [-0.15, -0.1) is 5.10 Å². The first-order chi connectivity index (χ1) is 12.3. The van der Waals surface area contributed by atoms with Gasteiger partial charge >= 0.3 is 0 Å². The van der Waals surface area contributed by atoms with Crippen molar-refractivity contribution in [2.24, 2.45) is 0 Å². The standard InChI is InChI=1S/C19H29ClN6/c1-6-16(18-21-22-23-26(18)19(3,4)5)24-9-11-25(12-10-24)17-13-15(20)8-7-14(17)2/h7-8,13,16H,6,9-12H2,1-5H3/t16-/m0/s1. The van der Waals surface area contributed by atoms with E-state index < -0.39 is 0 Å². The summed E-state index contributed by atoms with van der Waals surface area (Å²) < 4.78 is 1.97. The van der Waals surface area contributed by atoms with Crippen molar-refractivity contribution in [1.82, 2.24) is 25.1 Å². The molecule has 6 nitrogen and oxygen atoms in total. The van der Waals surface area contributed by atoms with Gasteiger partial charge in [-0.2, -0.15) is 0 Å². The number of benzene rings is 1. The molecule has 0 saturated carbocycles. The van der Waals surface area contributed by atoms with Crippen molar-refractivity contribution < 1.29 is 0 Å². The van der Waals surface area contributed by atoms with E-state index in [0.717, 1.165) is 43.4 Å². The van der Waals surface area contributed by atoms with Crippen LogP contribution in [0.2, 0.25) is 5.02 Å². The van der Waals surface area contributed by atoms with Gasteiger partial charge < -0.3 is 4.90 Å². The molecule has 0 N–H and O–H groups in total. The third kappa shape index (κ3) is 3.86. The Kier molecular flexibility index (Phi) is 5.53. The lowest BCUT2D eigenvalue weighted by atomic mass is 10.1. The normalized spacial score (nSPS) is 17.5. The average molecular weight is 377 g/mol. The summed E-state index contributed by atoms with van der Waals surface area (Å²) in [6.45, 7) is 14.7. The van der Waals surface area contributed by atoms with E-state index in [1.165, 1.54) is 11.3 Å². The number of nitrogens with zero attached hydrogens (tertiary/aromatic N) is 6. The molecule has 1 aromatic carbocycles. The van der Waals surface area contributed by atoms with E-state index in [2.05, 4.69) is 72.1 Å². The summed E-state index contributed by atoms with van der Waals surface area (Å²) in [7, 11) is 0. The van der Waals surface area contributed by atoms with Crippen molar-refractivity contribution in [1.29, 1.82) is 0 Å². The number of aryl methyl sites for hydroxylation is 1. The Morgan fingerprint density at radius 3 is 2.46 bits per heavy atom. The lowest BCUT2D eigenvalue weighted by molar-refractivity contribution is 0.161. The molecule has 142 valence electrons. The zero-order valence-corrected chi connectivity index (χ0v) is 17.2. The quantitative estimate of drug-likeness (QED) is 0.814. The van der Waals surface area contributed by atoms with Crippen LogP contribution in [0.1, 0.15) is 51.5 Å². The SMILES string of the molecule is CC[C@@H](c1nnnn1C(C)(C)C)N1CCN(c2cc(Cl)ccc2C)CC1. The average Bonchev–Trinajstić information content (AvgIpc) is 3.08. The van der Waals surface area contributed by atoms with Crippen molar-refractivity contribution >= 4 is 17.3 Å². The number of piperazine rings is 1. The maximum Gasteiger partial charge on any atom is 0.168 e. The fourth-order valence-electron chi connectivity index (χ4n) is 3.68. The van der Waals surface area contributed by atoms with Gasteiger partial charge in [0.05, 0.1) is 11.6 Å². The molecule has 1 atom stereocenters. The topological polar surface area (TPSA) is 50.1 Å². The predicted octanol–water partition coefficient (Wildman–Crippen LogP) is 3.66. The molecule has 2 aromatic rings. The largest absolute Gasteiger partial charge is 0.369 e. The molecule has 1 aliphatic rings. The van der Waals surface area contributed by atoms with Crippen molar-refractivity contribution in [2.45, 2.75) is 52.6 Å². The van der Waals surface area contributed by atoms with Crippen LogP contribution in [0.25, 0.3) is 0 Å². The lowest BCUT2D eigenvalue weighted by Gasteiger charge is -2.40. The summed E-state index contributed by atoms with van der Waals surface area (Å²) in [6.07, 6.45) is 0.993. The Labute approximate surface area is 161 Å². The van der Waals surface area contributed by atoms with Crippen molar-refractivity contribution in [2.75, 3.05) is 31.1 Å². The van der Waals surface area contributed by atoms with Crippen LogP contribution in [0.4, 0.5) is 5.69 Å². The molecule has 0 amide bonds. The molecule has 26 heavy (non-hydrogen) atoms. The van der Waals surface area contributed by atoms with E-state index in [1.807, 2.05) is 10.7 Å². The molecule has 0 spiro atoms. The molecular formula is C19H29ClN6. The van der Waals surface area contributed by atoms with E-state index in [1.54, 1.807) is 0 Å². The van der Waals surface area contributed by atoms with Crippen LogP contribution in [-0.4, -0.2) is 51.3 Å². The number of halogens is 1. The maximum atomic E-state index is 6.20. The first-order valence-electron chi connectivity index (χ1n) is 9.35. The lowest BCUT2D eigenvalue weighted by Crippen LogP contribution is -2.48. The summed E-state index contributed by atoms with van der Waals surface area (Å²) >= 11 is 6.20. The highest BCUT2D eigenvalue weighted by molar-refractivity contribution is 6.30. The van der Waals surface area contributed by atoms with E-state index in [-0.39, 0.29) is 11.6 Å². The predicted molar refractivity (Wildman–Crippen MR) is 106 cm³/mol. The fourth-order valence-corrected chi connectivity index (χ4v) is 3.85. The molecule has 0 unspecified atom stereocenters. The number of hydrogen-bond donors (Lipinski definition) is 0. The van der Waals surface area contributed by atoms with E-state index in [9.17, 15) is 0 Å². The summed E-state index contributed by atoms with van der Waals surface area (Å²) in [5.74, 6) is 0.965. The summed E-state index contributed by atoms with van der Waals surface area (Å²) in [5.41, 5.74) is 2.39. The van der Waals surface area contributed by atoms with E-state index in [4.69, 9.17) is 11.6 Å². The molecule has 0 bridgehead atoms. The highest BCUT2D eigenvalue weighted by atomic mass is 35.5. The first kappa shape index (κ1) is 19.1. The smallest absolute Gasteiger partial charge is 0.168 e. The van der Waals surface area contributed by atoms with Crippen LogP contribution in [0.3, 0.4) is 0 Å². The zero-order valence-electron chi connectivity index (χ0n) is 16.4. The summed E-state index contributed by atoms with van der Waals surface area (Å²) in [6, 6.07) is 6.36. The van der Waals surface area contributed by atoms with Crippen LogP contribution in [0, 0.1) is 6.92 Å². The van der Waals surface area contributed by atoms with Gasteiger partial charge in [-0.05, 0) is 62.2 Å². The van der Waals surface area contributed by atoms with Gasteiger partial charge in [0.1, 0.15) is 0 Å². The molecule has 1 aromatic heterocycles. The number of tetrazole rings is 1. The highest BCUT2D eigenvalue weighted by Crippen LogP contribution is 2.29. The number of aromatic nitrogens is 4. The van der Waals surface area contributed by atoms with Gasteiger partial charge in [-0.1, -0.05) is 24.6 Å². The number of rotatable bonds is 4. The fraction of sp³-hybridized carbons (Fsp3) is 0.632. The zero-order chi connectivity index (χ0) is 18.9. The minimum atomic E-state index is -0.119. The Hall–Kier alpha value is -1.66. The monoisotopic (exact) mass is 376 g/mol. The third-order valence-corrected chi connectivity index (χ3v) is 5.32. The van der Waals surface area contributed by atoms with Crippen molar-refractivity contribution in [3.05, 3.63) is 34.6 Å². The molecule has 2 heterocycles. The first-order valence-corrected chi connectivity index (χ1v) is 9.73. The number of hydrogen-bond acceptors (Lipinski definition) is 5. The Morgan fingerprint density at radius 1 is 1.15 bits per heavy atom. The summed E-state index contributed by atoms with van der Waals surface area (Å²) in [5, 5.41) is 13.3. The van der Waals surface area contributed by atoms with E-state index >= 15 is 0 Å². The molecule has 1 saturated heterocycles. The van der Waals surface area contributed by atoms with Crippen LogP contribution in [0.5, 0.6) is 0 Å². The highest BCUT2D eigenvalue weighted by Gasteiger charge is 2.31. The second-order valence-electron chi connectivity index (χ2n) is 8.00. The summed E-state index contributed by atoms with van der Waals surface area (Å²) in [4.78, 5) is 4.93. The Bertz CT molecular complexity index is 743. The molecule has 0 aliphatic carbocycles. The van der Waals surface area contributed by atoms with Crippen LogP contribution < -0.4 is 4.90 Å². The minimum absolute atomic E-state index is 0.119. The third-order valence-electron chi connectivity index (χ3n) is 5.08. The molecular weight excluding hydrogens is 348 g/mol. The molecule has 7 heteroatoms. The van der Waals surface area contributed by atoms with Crippen molar-refractivity contribution in [3.63, 3.8) is 0 Å². The van der Waals surface area contributed by atoms with Gasteiger partial charge in [-0.3, -0.25) is 4.90 Å². The van der Waals surface area contributed by atoms with Gasteiger partial charge in [0, 0.05) is 36.9 Å². The second-order valence-corrected chi connectivity index (χ2v) is 8.43. The van der Waals surface area contributed by atoms with Gasteiger partial charge in [0.2, 0.25) is 0 Å². The molecule has 1 fully saturated rings. The molecule has 0 radical (unpaired) electrons. The van der Waals surface area contributed by atoms with Crippen molar-refractivity contribution in [3.8, 4) is 0 Å². The van der Waals surface area contributed by atoms with Gasteiger partial charge in [0.25, 0.3) is 0 Å². The van der Waals surface area contributed by atoms with Crippen LogP contribution in [0.15, 0.2) is 18.2 Å². The van der Waals surface area contributed by atoms with Gasteiger partial charge in [-0.25, -0.2) is 4.68 Å². The maximum absolute atomic E-state index is 6.20. The second kappa shape index (κ2) is 7.53. The minimum Gasteiger partial charge on any atom is -0.369 e. The van der Waals surface area contributed by atoms with Gasteiger partial charge in [0.15, 0.2) is 5.82 Å². The van der Waals surface area contributed by atoms with E-state index in [0.29, 0.717) is 0 Å². The van der Waals surface area contributed by atoms with Crippen LogP contribution in [-0.2, 0) is 5.54 Å². The van der Waals surface area contributed by atoms with Crippen LogP contribution >= 0.6 is 11.6 Å². The Morgan fingerprint density at radius 2 is 1.85 bits per heavy atom. The number of anilines is 1. The molecule has 3 rings (SSSR count).